The zero-order valence-electron chi connectivity index (χ0n) is 11.3. The van der Waals surface area contributed by atoms with Crippen LogP contribution >= 0.6 is 0 Å². The Bertz CT molecular complexity index is 680. The molecule has 0 aromatic carbocycles. The highest BCUT2D eigenvalue weighted by Gasteiger charge is 2.24. The zero-order valence-corrected chi connectivity index (χ0v) is 12.2. The molecule has 0 fully saturated rings. The monoisotopic (exact) mass is 297 g/mol. The number of unbranched alkanes of at least 4 members (excludes halogenated alkanes) is 2. The van der Waals surface area contributed by atoms with Crippen LogP contribution in [0.25, 0.3) is 5.65 Å². The van der Waals surface area contributed by atoms with Crippen LogP contribution < -0.4 is 16.0 Å². The second-order valence-corrected chi connectivity index (χ2v) is 6.13. The average Bonchev–Trinajstić information content (AvgIpc) is 2.83. The molecule has 0 saturated carbocycles. The van der Waals surface area contributed by atoms with Gasteiger partial charge in [-0.1, -0.05) is 25.8 Å². The van der Waals surface area contributed by atoms with Crippen molar-refractivity contribution in [2.24, 2.45) is 5.84 Å². The first kappa shape index (κ1) is 14.8. The molecule has 7 nitrogen and oxygen atoms in total. The van der Waals surface area contributed by atoms with Crippen molar-refractivity contribution >= 4 is 21.5 Å². The van der Waals surface area contributed by atoms with E-state index < -0.39 is 10.0 Å². The zero-order chi connectivity index (χ0) is 14.6. The number of hydrogen-bond acceptors (Lipinski definition) is 5. The fraction of sp³-hybridized carbons (Fsp3) is 0.417. The van der Waals surface area contributed by atoms with E-state index in [1.807, 2.05) is 0 Å². The largest absolute Gasteiger partial charge is 0.306 e. The van der Waals surface area contributed by atoms with E-state index in [0.29, 0.717) is 12.2 Å². The normalized spacial score (nSPS) is 11.9. The van der Waals surface area contributed by atoms with E-state index in [2.05, 4.69) is 22.1 Å². The Labute approximate surface area is 118 Å². The smallest absolute Gasteiger partial charge is 0.260 e. The highest BCUT2D eigenvalue weighted by atomic mass is 32.2. The van der Waals surface area contributed by atoms with Crippen LogP contribution in [0.2, 0.25) is 0 Å². The Morgan fingerprint density at radius 1 is 1.35 bits per heavy atom. The van der Waals surface area contributed by atoms with Crippen molar-refractivity contribution in [1.29, 1.82) is 0 Å². The molecule has 0 atom stereocenters. The first-order valence-corrected chi connectivity index (χ1v) is 8.02. The van der Waals surface area contributed by atoms with Gasteiger partial charge in [0, 0.05) is 12.7 Å². The molecule has 8 heteroatoms. The summed E-state index contributed by atoms with van der Waals surface area (Å²) in [6, 6.07) is 5.25. The van der Waals surface area contributed by atoms with Gasteiger partial charge in [0.25, 0.3) is 10.0 Å². The summed E-state index contributed by atoms with van der Waals surface area (Å²) >= 11 is 0. The van der Waals surface area contributed by atoms with Gasteiger partial charge in [0.05, 0.1) is 0 Å². The molecule has 0 unspecified atom stereocenters. The van der Waals surface area contributed by atoms with Gasteiger partial charge in [-0.05, 0) is 18.6 Å². The van der Waals surface area contributed by atoms with Crippen LogP contribution in [-0.4, -0.2) is 24.3 Å². The third-order valence-corrected chi connectivity index (χ3v) is 4.43. The van der Waals surface area contributed by atoms with Crippen LogP contribution in [0.15, 0.2) is 29.4 Å². The van der Waals surface area contributed by atoms with E-state index in [9.17, 15) is 8.42 Å². The minimum atomic E-state index is -3.66. The number of hydrazine groups is 1. The summed E-state index contributed by atoms with van der Waals surface area (Å²) in [4.78, 5) is 4.15. The van der Waals surface area contributed by atoms with Gasteiger partial charge in [0.2, 0.25) is 0 Å². The first-order valence-electron chi connectivity index (χ1n) is 6.53. The minimum absolute atomic E-state index is 0.0344. The maximum atomic E-state index is 12.4. The van der Waals surface area contributed by atoms with Crippen molar-refractivity contribution in [3.63, 3.8) is 0 Å². The van der Waals surface area contributed by atoms with E-state index >= 15 is 0 Å². The van der Waals surface area contributed by atoms with Crippen LogP contribution in [0.1, 0.15) is 26.2 Å². The molecule has 20 heavy (non-hydrogen) atoms. The number of nitrogens with zero attached hydrogens (tertiary/aromatic N) is 2. The fourth-order valence-electron chi connectivity index (χ4n) is 1.97. The van der Waals surface area contributed by atoms with Crippen molar-refractivity contribution in [3.05, 3.63) is 24.4 Å². The molecule has 0 aliphatic rings. The molecule has 0 spiro atoms. The molecule has 0 radical (unpaired) electrons. The average molecular weight is 297 g/mol. The number of aromatic nitrogens is 2. The van der Waals surface area contributed by atoms with Gasteiger partial charge in [0.15, 0.2) is 10.8 Å². The van der Waals surface area contributed by atoms with Crippen LogP contribution in [-0.2, 0) is 10.0 Å². The summed E-state index contributed by atoms with van der Waals surface area (Å²) in [7, 11) is -3.66. The molecule has 0 bridgehead atoms. The van der Waals surface area contributed by atoms with Crippen molar-refractivity contribution in [2.45, 2.75) is 31.2 Å². The van der Waals surface area contributed by atoms with Crippen LogP contribution in [0.5, 0.6) is 0 Å². The molecule has 2 aromatic rings. The Hall–Kier alpha value is -1.64. The SMILES string of the molecule is CCCCCNS(=O)(=O)c1c(NN)nc2ccccn12. The topological polar surface area (TPSA) is 102 Å². The number of fused-ring (bicyclic) bond motifs is 1. The minimum Gasteiger partial charge on any atom is -0.306 e. The van der Waals surface area contributed by atoms with E-state index in [1.165, 1.54) is 4.40 Å². The summed E-state index contributed by atoms with van der Waals surface area (Å²) < 4.78 is 28.8. The van der Waals surface area contributed by atoms with E-state index in [0.717, 1.165) is 19.3 Å². The Morgan fingerprint density at radius 3 is 2.85 bits per heavy atom. The van der Waals surface area contributed by atoms with Crippen LogP contribution in [0.4, 0.5) is 5.82 Å². The Morgan fingerprint density at radius 2 is 2.15 bits per heavy atom. The van der Waals surface area contributed by atoms with Crippen molar-refractivity contribution < 1.29 is 8.42 Å². The van der Waals surface area contributed by atoms with Gasteiger partial charge in [-0.15, -0.1) is 0 Å². The summed E-state index contributed by atoms with van der Waals surface area (Å²) in [5.41, 5.74) is 2.86. The number of rotatable bonds is 7. The molecular formula is C12H19N5O2S. The van der Waals surface area contributed by atoms with E-state index in [1.54, 1.807) is 24.4 Å². The quantitative estimate of drug-likeness (QED) is 0.403. The van der Waals surface area contributed by atoms with Crippen LogP contribution in [0.3, 0.4) is 0 Å². The molecule has 110 valence electrons. The van der Waals surface area contributed by atoms with E-state index in [4.69, 9.17) is 5.84 Å². The number of sulfonamides is 1. The Balaban J connectivity index is 2.35. The lowest BCUT2D eigenvalue weighted by atomic mass is 10.3. The fourth-order valence-corrected chi connectivity index (χ4v) is 3.30. The van der Waals surface area contributed by atoms with Crippen molar-refractivity contribution in [3.8, 4) is 0 Å². The molecule has 0 amide bonds. The maximum Gasteiger partial charge on any atom is 0.260 e. The molecule has 0 aliphatic heterocycles. The number of imidazole rings is 1. The predicted molar refractivity (Wildman–Crippen MR) is 77.7 cm³/mol. The lowest BCUT2D eigenvalue weighted by molar-refractivity contribution is 0.571. The predicted octanol–water partition coefficient (Wildman–Crippen LogP) is 1.09. The van der Waals surface area contributed by atoms with Crippen LogP contribution in [0, 0.1) is 0 Å². The number of anilines is 1. The van der Waals surface area contributed by atoms with Gasteiger partial charge in [-0.2, -0.15) is 0 Å². The summed E-state index contributed by atoms with van der Waals surface area (Å²) in [5.74, 6) is 5.51. The van der Waals surface area contributed by atoms with E-state index in [-0.39, 0.29) is 10.8 Å². The molecule has 0 aliphatic carbocycles. The lowest BCUT2D eigenvalue weighted by Gasteiger charge is -2.07. The third-order valence-electron chi connectivity index (χ3n) is 2.95. The molecule has 2 heterocycles. The number of hydrogen-bond donors (Lipinski definition) is 3. The van der Waals surface area contributed by atoms with Gasteiger partial charge < -0.3 is 5.43 Å². The highest BCUT2D eigenvalue weighted by Crippen LogP contribution is 2.21. The standard InChI is InChI=1S/C12H19N5O2S/c1-2-3-5-8-14-20(18,19)12-11(16-13)15-10-7-4-6-9-17(10)12/h4,6-7,9,14,16H,2-3,5,8,13H2,1H3. The molecular weight excluding hydrogens is 278 g/mol. The summed E-state index contributed by atoms with van der Waals surface area (Å²) in [5, 5.41) is 0.0344. The number of nitrogen functional groups attached to an aromatic ring is 1. The number of nitrogens with two attached hydrogens (primary N) is 1. The molecule has 0 saturated heterocycles. The molecule has 2 rings (SSSR count). The summed E-state index contributed by atoms with van der Waals surface area (Å²) in [6.07, 6.45) is 4.46. The second-order valence-electron chi connectivity index (χ2n) is 4.44. The maximum absolute atomic E-state index is 12.4. The first-order chi connectivity index (χ1) is 9.60. The molecule has 4 N–H and O–H groups in total. The summed E-state index contributed by atoms with van der Waals surface area (Å²) in [6.45, 7) is 2.47. The second kappa shape index (κ2) is 6.21. The number of pyridine rings is 1. The Kier molecular flexibility index (Phi) is 4.58. The van der Waals surface area contributed by atoms with Gasteiger partial charge in [-0.25, -0.2) is 24.0 Å². The van der Waals surface area contributed by atoms with Crippen molar-refractivity contribution in [2.75, 3.05) is 12.0 Å². The highest BCUT2D eigenvalue weighted by molar-refractivity contribution is 7.89. The van der Waals surface area contributed by atoms with Gasteiger partial charge in [-0.3, -0.25) is 4.40 Å². The van der Waals surface area contributed by atoms with Crippen molar-refractivity contribution in [1.82, 2.24) is 14.1 Å². The van der Waals surface area contributed by atoms with Gasteiger partial charge in [0.1, 0.15) is 5.65 Å². The number of nitrogens with one attached hydrogen (secondary N) is 2. The molecule has 2 aromatic heterocycles. The lowest BCUT2D eigenvalue weighted by Crippen LogP contribution is -2.27. The van der Waals surface area contributed by atoms with Gasteiger partial charge >= 0.3 is 0 Å². The third kappa shape index (κ3) is 2.92.